The zero-order chi connectivity index (χ0) is 22.9. The number of carbonyl (C=O) groups excluding carboxylic acids is 3. The van der Waals surface area contributed by atoms with Crippen molar-refractivity contribution in [3.63, 3.8) is 0 Å². The molecule has 0 aromatic heterocycles. The van der Waals surface area contributed by atoms with Crippen LogP contribution in [-0.4, -0.2) is 24.5 Å². The molecule has 0 heterocycles. The second kappa shape index (κ2) is 10.6. The monoisotopic (exact) mass is 432 g/mol. The number of carbonyl (C=O) groups is 3. The van der Waals surface area contributed by atoms with E-state index in [4.69, 9.17) is 18.9 Å². The zero-order valence-corrected chi connectivity index (χ0v) is 17.3. The maximum absolute atomic E-state index is 12.3. The van der Waals surface area contributed by atoms with Crippen molar-refractivity contribution in [2.24, 2.45) is 0 Å². The standard InChI is InChI=1S/C25H20O7/c1-3-23(26)30-20-9-5-17(6-10-20)24(27)31-21-11-7-18(8-12-21)25(28)32-22-15-13-19(14-16-22)29-4-2/h3,5-16H,1,4H2,2H3. The van der Waals surface area contributed by atoms with Gasteiger partial charge in [0.05, 0.1) is 17.7 Å². The fourth-order valence-electron chi connectivity index (χ4n) is 2.58. The Hall–Kier alpha value is -4.39. The Morgan fingerprint density at radius 1 is 0.656 bits per heavy atom. The second-order valence-corrected chi connectivity index (χ2v) is 6.36. The van der Waals surface area contributed by atoms with Gasteiger partial charge in [0.2, 0.25) is 0 Å². The predicted octanol–water partition coefficient (Wildman–Crippen LogP) is 4.62. The van der Waals surface area contributed by atoms with Crippen molar-refractivity contribution in [1.82, 2.24) is 0 Å². The number of ether oxygens (including phenoxy) is 4. The Morgan fingerprint density at radius 2 is 1.03 bits per heavy atom. The molecule has 3 rings (SSSR count). The summed E-state index contributed by atoms with van der Waals surface area (Å²) >= 11 is 0. The molecule has 3 aromatic rings. The van der Waals surface area contributed by atoms with Crippen LogP contribution in [0, 0.1) is 0 Å². The van der Waals surface area contributed by atoms with Crippen LogP contribution >= 0.6 is 0 Å². The van der Waals surface area contributed by atoms with Crippen molar-refractivity contribution in [3.8, 4) is 23.0 Å². The van der Waals surface area contributed by atoms with Gasteiger partial charge in [-0.25, -0.2) is 14.4 Å². The molecule has 7 heteroatoms. The van der Waals surface area contributed by atoms with Crippen molar-refractivity contribution in [2.45, 2.75) is 6.92 Å². The summed E-state index contributed by atoms with van der Waals surface area (Å²) in [6.45, 7) is 5.75. The highest BCUT2D eigenvalue weighted by Crippen LogP contribution is 2.20. The van der Waals surface area contributed by atoms with Crippen LogP contribution in [0.25, 0.3) is 0 Å². The van der Waals surface area contributed by atoms with Crippen LogP contribution in [0.2, 0.25) is 0 Å². The van der Waals surface area contributed by atoms with Gasteiger partial charge in [-0.2, -0.15) is 0 Å². The minimum Gasteiger partial charge on any atom is -0.494 e. The molecule has 0 aliphatic rings. The van der Waals surface area contributed by atoms with E-state index in [1.807, 2.05) is 6.92 Å². The summed E-state index contributed by atoms with van der Waals surface area (Å²) in [5, 5.41) is 0. The van der Waals surface area contributed by atoms with Gasteiger partial charge in [0, 0.05) is 6.08 Å². The van der Waals surface area contributed by atoms with Crippen LogP contribution in [0.5, 0.6) is 23.0 Å². The summed E-state index contributed by atoms with van der Waals surface area (Å²) < 4.78 is 20.9. The molecule has 0 atom stereocenters. The first kappa shape index (κ1) is 22.3. The van der Waals surface area contributed by atoms with Crippen LogP contribution in [0.15, 0.2) is 85.5 Å². The van der Waals surface area contributed by atoms with Gasteiger partial charge in [-0.1, -0.05) is 6.58 Å². The molecular weight excluding hydrogens is 412 g/mol. The molecule has 0 spiro atoms. The number of benzene rings is 3. The molecule has 7 nitrogen and oxygen atoms in total. The first-order chi connectivity index (χ1) is 15.5. The van der Waals surface area contributed by atoms with Crippen LogP contribution in [0.3, 0.4) is 0 Å². The molecule has 0 saturated carbocycles. The molecule has 0 amide bonds. The molecule has 0 radical (unpaired) electrons. The van der Waals surface area contributed by atoms with Crippen molar-refractivity contribution < 1.29 is 33.3 Å². The number of hydrogen-bond donors (Lipinski definition) is 0. The molecule has 0 N–H and O–H groups in total. The second-order valence-electron chi connectivity index (χ2n) is 6.36. The van der Waals surface area contributed by atoms with Crippen molar-refractivity contribution in [2.75, 3.05) is 6.61 Å². The van der Waals surface area contributed by atoms with Crippen molar-refractivity contribution in [3.05, 3.63) is 96.6 Å². The Bertz CT molecular complexity index is 1100. The minimum absolute atomic E-state index is 0.259. The van der Waals surface area contributed by atoms with Gasteiger partial charge in [0.1, 0.15) is 23.0 Å². The molecule has 0 saturated heterocycles. The molecular formula is C25H20O7. The summed E-state index contributed by atoms with van der Waals surface area (Å²) in [6, 6.07) is 18.6. The lowest BCUT2D eigenvalue weighted by atomic mass is 10.2. The van der Waals surface area contributed by atoms with E-state index in [1.165, 1.54) is 48.5 Å². The van der Waals surface area contributed by atoms with E-state index < -0.39 is 17.9 Å². The summed E-state index contributed by atoms with van der Waals surface area (Å²) in [4.78, 5) is 35.8. The summed E-state index contributed by atoms with van der Waals surface area (Å²) in [5.41, 5.74) is 0.564. The maximum Gasteiger partial charge on any atom is 0.343 e. The third-order valence-corrected chi connectivity index (χ3v) is 4.12. The van der Waals surface area contributed by atoms with Gasteiger partial charge in [-0.15, -0.1) is 0 Å². The van der Waals surface area contributed by atoms with E-state index in [2.05, 4.69) is 6.58 Å². The normalized spacial score (nSPS) is 10.0. The highest BCUT2D eigenvalue weighted by molar-refractivity contribution is 5.93. The Balaban J connectivity index is 1.57. The minimum atomic E-state index is -0.601. The van der Waals surface area contributed by atoms with Crippen LogP contribution in [-0.2, 0) is 4.79 Å². The van der Waals surface area contributed by atoms with Crippen LogP contribution in [0.1, 0.15) is 27.6 Å². The Labute approximate surface area is 184 Å². The zero-order valence-electron chi connectivity index (χ0n) is 17.3. The van der Waals surface area contributed by atoms with Gasteiger partial charge in [-0.3, -0.25) is 0 Å². The van der Waals surface area contributed by atoms with Gasteiger partial charge in [0.25, 0.3) is 0 Å². The molecule has 0 bridgehead atoms. The quantitative estimate of drug-likeness (QED) is 0.292. The van der Waals surface area contributed by atoms with Crippen molar-refractivity contribution >= 4 is 17.9 Å². The lowest BCUT2D eigenvalue weighted by Crippen LogP contribution is -2.10. The fraction of sp³-hybridized carbons (Fsp3) is 0.0800. The topological polar surface area (TPSA) is 88.1 Å². The number of esters is 3. The van der Waals surface area contributed by atoms with E-state index in [-0.39, 0.29) is 17.1 Å². The Kier molecular flexibility index (Phi) is 7.37. The van der Waals surface area contributed by atoms with E-state index in [0.29, 0.717) is 23.7 Å². The molecule has 32 heavy (non-hydrogen) atoms. The number of hydrogen-bond acceptors (Lipinski definition) is 7. The SMILES string of the molecule is C=CC(=O)Oc1ccc(C(=O)Oc2ccc(C(=O)Oc3ccc(OCC)cc3)cc2)cc1. The highest BCUT2D eigenvalue weighted by atomic mass is 16.5. The lowest BCUT2D eigenvalue weighted by molar-refractivity contribution is -0.128. The molecule has 3 aromatic carbocycles. The van der Waals surface area contributed by atoms with E-state index in [9.17, 15) is 14.4 Å². The van der Waals surface area contributed by atoms with E-state index >= 15 is 0 Å². The third kappa shape index (κ3) is 6.06. The largest absolute Gasteiger partial charge is 0.494 e. The first-order valence-electron chi connectivity index (χ1n) is 9.70. The molecule has 0 aliphatic carbocycles. The van der Waals surface area contributed by atoms with Crippen LogP contribution in [0.4, 0.5) is 0 Å². The smallest absolute Gasteiger partial charge is 0.343 e. The van der Waals surface area contributed by atoms with E-state index in [1.54, 1.807) is 24.3 Å². The van der Waals surface area contributed by atoms with Gasteiger partial charge in [0.15, 0.2) is 0 Å². The van der Waals surface area contributed by atoms with Gasteiger partial charge < -0.3 is 18.9 Å². The molecule has 162 valence electrons. The maximum atomic E-state index is 12.3. The van der Waals surface area contributed by atoms with Crippen LogP contribution < -0.4 is 18.9 Å². The van der Waals surface area contributed by atoms with Gasteiger partial charge in [-0.05, 0) is 79.7 Å². The fourth-order valence-corrected chi connectivity index (χ4v) is 2.58. The number of rotatable bonds is 8. The van der Waals surface area contributed by atoms with Gasteiger partial charge >= 0.3 is 17.9 Å². The molecule has 0 unspecified atom stereocenters. The first-order valence-corrected chi connectivity index (χ1v) is 9.70. The average molecular weight is 432 g/mol. The lowest BCUT2D eigenvalue weighted by Gasteiger charge is -2.08. The molecule has 0 fully saturated rings. The Morgan fingerprint density at radius 3 is 1.44 bits per heavy atom. The van der Waals surface area contributed by atoms with Crippen molar-refractivity contribution in [1.29, 1.82) is 0 Å². The average Bonchev–Trinajstić information content (AvgIpc) is 2.81. The highest BCUT2D eigenvalue weighted by Gasteiger charge is 2.12. The molecule has 0 aliphatic heterocycles. The predicted molar refractivity (Wildman–Crippen MR) is 116 cm³/mol. The summed E-state index contributed by atoms with van der Waals surface area (Å²) in [6.07, 6.45) is 1.04. The summed E-state index contributed by atoms with van der Waals surface area (Å²) in [5.74, 6) is -0.131. The third-order valence-electron chi connectivity index (χ3n) is 4.12. The van der Waals surface area contributed by atoms with E-state index in [0.717, 1.165) is 6.08 Å². The summed E-state index contributed by atoms with van der Waals surface area (Å²) in [7, 11) is 0.